The number of hydrogen-bond donors (Lipinski definition) is 1. The fourth-order valence-electron chi connectivity index (χ4n) is 1.94. The van der Waals surface area contributed by atoms with Gasteiger partial charge in [0.15, 0.2) is 0 Å². The third-order valence-corrected chi connectivity index (χ3v) is 3.11. The van der Waals surface area contributed by atoms with Crippen molar-refractivity contribution in [2.75, 3.05) is 5.32 Å². The first-order chi connectivity index (χ1) is 8.78. The predicted molar refractivity (Wildman–Crippen MR) is 79.5 cm³/mol. The van der Waals surface area contributed by atoms with Crippen LogP contribution in [0.2, 0.25) is 0 Å². The van der Waals surface area contributed by atoms with E-state index in [2.05, 4.69) is 67.7 Å². The molecule has 1 heteroatoms. The van der Waals surface area contributed by atoms with Gasteiger partial charge in [0, 0.05) is 11.4 Å². The molecule has 0 saturated heterocycles. The molecule has 0 unspecified atom stereocenters. The highest BCUT2D eigenvalue weighted by atomic mass is 14.9. The van der Waals surface area contributed by atoms with Crippen LogP contribution in [0.4, 0.5) is 11.4 Å². The van der Waals surface area contributed by atoms with Crippen LogP contribution in [0.5, 0.6) is 0 Å². The molecule has 0 spiro atoms. The first kappa shape index (κ1) is 12.7. The Hall–Kier alpha value is -1.76. The van der Waals surface area contributed by atoms with Gasteiger partial charge in [0.1, 0.15) is 0 Å². The molecule has 0 aliphatic carbocycles. The number of rotatable bonds is 5. The van der Waals surface area contributed by atoms with Gasteiger partial charge in [-0.05, 0) is 49.6 Å². The van der Waals surface area contributed by atoms with E-state index in [1.54, 1.807) is 0 Å². The minimum atomic E-state index is 1.14. The average Bonchev–Trinajstić information content (AvgIpc) is 2.41. The molecular weight excluding hydrogens is 218 g/mol. The van der Waals surface area contributed by atoms with Crippen LogP contribution in [-0.4, -0.2) is 0 Å². The summed E-state index contributed by atoms with van der Waals surface area (Å²) in [6.45, 7) is 4.33. The number of aryl methyl sites for hydroxylation is 2. The Morgan fingerprint density at radius 1 is 0.833 bits per heavy atom. The first-order valence-electron chi connectivity index (χ1n) is 6.70. The second-order valence-electron chi connectivity index (χ2n) is 4.79. The van der Waals surface area contributed by atoms with Crippen LogP contribution in [0.3, 0.4) is 0 Å². The summed E-state index contributed by atoms with van der Waals surface area (Å²) in [6, 6.07) is 17.2. The lowest BCUT2D eigenvalue weighted by Gasteiger charge is -2.07. The van der Waals surface area contributed by atoms with E-state index in [0.29, 0.717) is 0 Å². The summed E-state index contributed by atoms with van der Waals surface area (Å²) >= 11 is 0. The monoisotopic (exact) mass is 239 g/mol. The fourth-order valence-corrected chi connectivity index (χ4v) is 1.94. The third kappa shape index (κ3) is 3.63. The Morgan fingerprint density at radius 2 is 1.39 bits per heavy atom. The first-order valence-corrected chi connectivity index (χ1v) is 6.70. The molecule has 0 heterocycles. The molecule has 0 radical (unpaired) electrons. The van der Waals surface area contributed by atoms with Crippen LogP contribution in [0.15, 0.2) is 48.5 Å². The summed E-state index contributed by atoms with van der Waals surface area (Å²) in [7, 11) is 0. The van der Waals surface area contributed by atoms with Crippen molar-refractivity contribution in [1.29, 1.82) is 0 Å². The molecule has 1 nitrogen and oxygen atoms in total. The molecule has 0 bridgehead atoms. The van der Waals surface area contributed by atoms with Crippen LogP contribution >= 0.6 is 0 Å². The minimum Gasteiger partial charge on any atom is -0.356 e. The van der Waals surface area contributed by atoms with E-state index in [9.17, 15) is 0 Å². The van der Waals surface area contributed by atoms with E-state index in [-0.39, 0.29) is 0 Å². The Morgan fingerprint density at radius 3 is 1.94 bits per heavy atom. The summed E-state index contributed by atoms with van der Waals surface area (Å²) in [5.41, 5.74) is 5.00. The normalized spacial score (nSPS) is 10.3. The molecule has 0 aliphatic rings. The number of unbranched alkanes of at least 4 members (excludes halogenated alkanes) is 1. The van der Waals surface area contributed by atoms with Crippen molar-refractivity contribution in [3.8, 4) is 0 Å². The smallest absolute Gasteiger partial charge is 0.0384 e. The Bertz CT molecular complexity index is 468. The van der Waals surface area contributed by atoms with Gasteiger partial charge in [0.25, 0.3) is 0 Å². The van der Waals surface area contributed by atoms with Gasteiger partial charge in [-0.1, -0.05) is 43.2 Å². The Labute approximate surface area is 110 Å². The zero-order valence-corrected chi connectivity index (χ0v) is 11.2. The second kappa shape index (κ2) is 6.25. The number of nitrogens with one attached hydrogen (secondary N) is 1. The van der Waals surface area contributed by atoms with Crippen LogP contribution < -0.4 is 5.32 Å². The third-order valence-electron chi connectivity index (χ3n) is 3.11. The molecule has 0 saturated carbocycles. The van der Waals surface area contributed by atoms with Crippen molar-refractivity contribution in [3.63, 3.8) is 0 Å². The average molecular weight is 239 g/mol. The van der Waals surface area contributed by atoms with Crippen molar-refractivity contribution >= 4 is 11.4 Å². The van der Waals surface area contributed by atoms with Gasteiger partial charge in [-0.15, -0.1) is 0 Å². The largest absolute Gasteiger partial charge is 0.356 e. The molecule has 0 atom stereocenters. The number of anilines is 2. The molecular formula is C17H21N. The maximum atomic E-state index is 3.41. The highest BCUT2D eigenvalue weighted by molar-refractivity contribution is 5.59. The lowest BCUT2D eigenvalue weighted by molar-refractivity contribution is 0.795. The fraction of sp³-hybridized carbons (Fsp3) is 0.294. The Balaban J connectivity index is 1.99. The van der Waals surface area contributed by atoms with Crippen LogP contribution in [0.25, 0.3) is 0 Å². The molecule has 2 aromatic rings. The van der Waals surface area contributed by atoms with Gasteiger partial charge >= 0.3 is 0 Å². The molecule has 2 aromatic carbocycles. The maximum Gasteiger partial charge on any atom is 0.0384 e. The standard InChI is InChI=1S/C17H21N/c1-3-4-5-15-8-12-17(13-9-15)18-16-10-6-14(2)7-11-16/h6-13,18H,3-5H2,1-2H3. The molecule has 18 heavy (non-hydrogen) atoms. The van der Waals surface area contributed by atoms with Gasteiger partial charge in [0.2, 0.25) is 0 Å². The summed E-state index contributed by atoms with van der Waals surface area (Å²) < 4.78 is 0. The van der Waals surface area contributed by atoms with Gasteiger partial charge in [-0.25, -0.2) is 0 Å². The van der Waals surface area contributed by atoms with E-state index in [1.165, 1.54) is 30.4 Å². The number of benzene rings is 2. The maximum absolute atomic E-state index is 3.41. The number of hydrogen-bond acceptors (Lipinski definition) is 1. The predicted octanol–water partition coefficient (Wildman–Crippen LogP) is 5.08. The van der Waals surface area contributed by atoms with E-state index < -0.39 is 0 Å². The summed E-state index contributed by atoms with van der Waals surface area (Å²) in [6.07, 6.45) is 3.70. The topological polar surface area (TPSA) is 12.0 Å². The van der Waals surface area contributed by atoms with Gasteiger partial charge in [-0.3, -0.25) is 0 Å². The van der Waals surface area contributed by atoms with Gasteiger partial charge in [0.05, 0.1) is 0 Å². The quantitative estimate of drug-likeness (QED) is 0.767. The molecule has 0 aromatic heterocycles. The van der Waals surface area contributed by atoms with Crippen molar-refractivity contribution in [2.24, 2.45) is 0 Å². The van der Waals surface area contributed by atoms with Crippen molar-refractivity contribution in [3.05, 3.63) is 59.7 Å². The molecule has 94 valence electrons. The highest BCUT2D eigenvalue weighted by Crippen LogP contribution is 2.18. The molecule has 1 N–H and O–H groups in total. The lowest BCUT2D eigenvalue weighted by atomic mass is 10.1. The van der Waals surface area contributed by atoms with E-state index in [0.717, 1.165) is 11.4 Å². The second-order valence-corrected chi connectivity index (χ2v) is 4.79. The summed E-state index contributed by atoms with van der Waals surface area (Å²) in [5, 5.41) is 3.41. The zero-order chi connectivity index (χ0) is 12.8. The van der Waals surface area contributed by atoms with E-state index in [4.69, 9.17) is 0 Å². The van der Waals surface area contributed by atoms with Crippen LogP contribution in [-0.2, 0) is 6.42 Å². The Kier molecular flexibility index (Phi) is 4.40. The molecule has 0 amide bonds. The van der Waals surface area contributed by atoms with Crippen molar-refractivity contribution < 1.29 is 0 Å². The summed E-state index contributed by atoms with van der Waals surface area (Å²) in [5.74, 6) is 0. The molecule has 0 fully saturated rings. The van der Waals surface area contributed by atoms with Crippen LogP contribution in [0.1, 0.15) is 30.9 Å². The zero-order valence-electron chi connectivity index (χ0n) is 11.2. The van der Waals surface area contributed by atoms with E-state index in [1.807, 2.05) is 0 Å². The highest BCUT2D eigenvalue weighted by Gasteiger charge is 1.96. The van der Waals surface area contributed by atoms with Gasteiger partial charge < -0.3 is 5.32 Å². The van der Waals surface area contributed by atoms with E-state index >= 15 is 0 Å². The van der Waals surface area contributed by atoms with Crippen molar-refractivity contribution in [2.45, 2.75) is 33.1 Å². The minimum absolute atomic E-state index is 1.14. The molecule has 2 rings (SSSR count). The van der Waals surface area contributed by atoms with Crippen LogP contribution in [0, 0.1) is 6.92 Å². The van der Waals surface area contributed by atoms with Gasteiger partial charge in [-0.2, -0.15) is 0 Å². The van der Waals surface area contributed by atoms with Crippen molar-refractivity contribution in [1.82, 2.24) is 0 Å². The SMILES string of the molecule is CCCCc1ccc(Nc2ccc(C)cc2)cc1. The molecule has 0 aliphatic heterocycles. The summed E-state index contributed by atoms with van der Waals surface area (Å²) in [4.78, 5) is 0. The lowest BCUT2D eigenvalue weighted by Crippen LogP contribution is -1.91.